The van der Waals surface area contributed by atoms with E-state index in [9.17, 15) is 4.79 Å². The SMILES string of the molecule is CC(C)C1(N)CN(CC(N)=O)C1. The van der Waals surface area contributed by atoms with Crippen molar-refractivity contribution in [1.82, 2.24) is 4.90 Å². The number of carbonyl (C=O) groups is 1. The Morgan fingerprint density at radius 2 is 2.08 bits per heavy atom. The summed E-state index contributed by atoms with van der Waals surface area (Å²) in [4.78, 5) is 12.5. The van der Waals surface area contributed by atoms with Crippen LogP contribution < -0.4 is 11.5 Å². The Balaban J connectivity index is 2.32. The fourth-order valence-corrected chi connectivity index (χ4v) is 1.48. The highest BCUT2D eigenvalue weighted by molar-refractivity contribution is 5.76. The minimum Gasteiger partial charge on any atom is -0.369 e. The van der Waals surface area contributed by atoms with Crippen molar-refractivity contribution in [1.29, 1.82) is 0 Å². The Bertz CT molecular complexity index is 185. The maximum Gasteiger partial charge on any atom is 0.231 e. The number of nitrogens with two attached hydrogens (primary N) is 2. The molecule has 0 atom stereocenters. The molecule has 1 rings (SSSR count). The molecule has 4 nitrogen and oxygen atoms in total. The van der Waals surface area contributed by atoms with E-state index in [4.69, 9.17) is 11.5 Å². The van der Waals surface area contributed by atoms with Gasteiger partial charge in [0.2, 0.25) is 5.91 Å². The first-order valence-corrected chi connectivity index (χ1v) is 4.23. The molecule has 1 aliphatic rings. The minimum absolute atomic E-state index is 0.102. The van der Waals surface area contributed by atoms with Gasteiger partial charge in [-0.25, -0.2) is 0 Å². The highest BCUT2D eigenvalue weighted by atomic mass is 16.1. The van der Waals surface area contributed by atoms with Gasteiger partial charge in [-0.05, 0) is 5.92 Å². The van der Waals surface area contributed by atoms with E-state index in [1.54, 1.807) is 0 Å². The lowest BCUT2D eigenvalue weighted by Gasteiger charge is -2.50. The summed E-state index contributed by atoms with van der Waals surface area (Å²) >= 11 is 0. The van der Waals surface area contributed by atoms with Crippen LogP contribution in [0.5, 0.6) is 0 Å². The molecule has 0 bridgehead atoms. The van der Waals surface area contributed by atoms with Crippen LogP contribution in [0.25, 0.3) is 0 Å². The lowest BCUT2D eigenvalue weighted by atomic mass is 9.80. The maximum absolute atomic E-state index is 10.5. The molecule has 70 valence electrons. The molecule has 1 fully saturated rings. The third-order valence-corrected chi connectivity index (χ3v) is 2.57. The smallest absolute Gasteiger partial charge is 0.231 e. The summed E-state index contributed by atoms with van der Waals surface area (Å²) in [5.41, 5.74) is 11.0. The molecule has 0 spiro atoms. The summed E-state index contributed by atoms with van der Waals surface area (Å²) in [5, 5.41) is 0. The van der Waals surface area contributed by atoms with Crippen LogP contribution in [-0.2, 0) is 4.79 Å². The Labute approximate surface area is 72.9 Å². The van der Waals surface area contributed by atoms with Crippen LogP contribution in [0, 0.1) is 5.92 Å². The van der Waals surface area contributed by atoms with Gasteiger partial charge in [0.05, 0.1) is 6.54 Å². The van der Waals surface area contributed by atoms with Gasteiger partial charge < -0.3 is 11.5 Å². The van der Waals surface area contributed by atoms with Gasteiger partial charge in [0, 0.05) is 18.6 Å². The average Bonchev–Trinajstić information content (AvgIpc) is 1.82. The second-order valence-corrected chi connectivity index (χ2v) is 4.00. The number of nitrogens with zero attached hydrogens (tertiary/aromatic N) is 1. The van der Waals surface area contributed by atoms with Gasteiger partial charge in [-0.2, -0.15) is 0 Å². The number of primary amides is 1. The van der Waals surface area contributed by atoms with Crippen LogP contribution in [0.15, 0.2) is 0 Å². The van der Waals surface area contributed by atoms with Crippen LogP contribution in [0.3, 0.4) is 0 Å². The monoisotopic (exact) mass is 171 g/mol. The van der Waals surface area contributed by atoms with E-state index in [1.807, 2.05) is 4.90 Å². The molecule has 0 unspecified atom stereocenters. The second kappa shape index (κ2) is 3.03. The fourth-order valence-electron chi connectivity index (χ4n) is 1.48. The number of rotatable bonds is 3. The predicted molar refractivity (Wildman–Crippen MR) is 47.4 cm³/mol. The third-order valence-electron chi connectivity index (χ3n) is 2.57. The number of hydrogen-bond donors (Lipinski definition) is 2. The van der Waals surface area contributed by atoms with Crippen LogP contribution in [0.1, 0.15) is 13.8 Å². The van der Waals surface area contributed by atoms with Gasteiger partial charge in [0.15, 0.2) is 0 Å². The molecule has 0 aromatic heterocycles. The Hall–Kier alpha value is -0.610. The second-order valence-electron chi connectivity index (χ2n) is 4.00. The molecule has 0 saturated carbocycles. The fraction of sp³-hybridized carbons (Fsp3) is 0.875. The van der Waals surface area contributed by atoms with Gasteiger partial charge in [-0.3, -0.25) is 9.69 Å². The van der Waals surface area contributed by atoms with Crippen LogP contribution in [0.2, 0.25) is 0 Å². The van der Waals surface area contributed by atoms with Crippen LogP contribution >= 0.6 is 0 Å². The molecular formula is C8H17N3O. The molecule has 1 heterocycles. The van der Waals surface area contributed by atoms with Gasteiger partial charge in [0.25, 0.3) is 0 Å². The molecule has 1 saturated heterocycles. The van der Waals surface area contributed by atoms with Gasteiger partial charge >= 0.3 is 0 Å². The summed E-state index contributed by atoms with van der Waals surface area (Å²) < 4.78 is 0. The Kier molecular flexibility index (Phi) is 2.39. The third kappa shape index (κ3) is 1.76. The van der Waals surface area contributed by atoms with Crippen molar-refractivity contribution in [2.24, 2.45) is 17.4 Å². The average molecular weight is 171 g/mol. The van der Waals surface area contributed by atoms with Gasteiger partial charge in [-0.1, -0.05) is 13.8 Å². The summed E-state index contributed by atoms with van der Waals surface area (Å²) in [5.74, 6) is 0.183. The Morgan fingerprint density at radius 3 is 2.42 bits per heavy atom. The van der Waals surface area contributed by atoms with Crippen molar-refractivity contribution >= 4 is 5.91 Å². The molecule has 0 aliphatic carbocycles. The number of likely N-dealkylation sites (tertiary alicyclic amines) is 1. The first kappa shape index (κ1) is 9.48. The molecule has 12 heavy (non-hydrogen) atoms. The largest absolute Gasteiger partial charge is 0.369 e. The van der Waals surface area contributed by atoms with Crippen molar-refractivity contribution in [2.75, 3.05) is 19.6 Å². The van der Waals surface area contributed by atoms with E-state index in [-0.39, 0.29) is 11.4 Å². The summed E-state index contributed by atoms with van der Waals surface area (Å²) in [6.45, 7) is 6.11. The van der Waals surface area contributed by atoms with Crippen molar-refractivity contribution in [3.05, 3.63) is 0 Å². The molecule has 4 heteroatoms. The van der Waals surface area contributed by atoms with E-state index in [0.717, 1.165) is 13.1 Å². The van der Waals surface area contributed by atoms with E-state index in [2.05, 4.69) is 13.8 Å². The minimum atomic E-state index is -0.277. The highest BCUT2D eigenvalue weighted by Gasteiger charge is 2.41. The standard InChI is InChI=1S/C8H17N3O/c1-6(2)8(10)4-11(5-8)3-7(9)12/h6H,3-5,10H2,1-2H3,(H2,9,12). The molecular weight excluding hydrogens is 154 g/mol. The normalized spacial score (nSPS) is 22.3. The van der Waals surface area contributed by atoms with Crippen molar-refractivity contribution in [3.63, 3.8) is 0 Å². The van der Waals surface area contributed by atoms with Crippen molar-refractivity contribution < 1.29 is 4.79 Å². The van der Waals surface area contributed by atoms with Crippen molar-refractivity contribution in [2.45, 2.75) is 19.4 Å². The quantitative estimate of drug-likeness (QED) is 0.580. The molecule has 0 aromatic carbocycles. The molecule has 4 N–H and O–H groups in total. The zero-order valence-electron chi connectivity index (χ0n) is 7.71. The first-order chi connectivity index (χ1) is 5.44. The van der Waals surface area contributed by atoms with E-state index >= 15 is 0 Å². The zero-order chi connectivity index (χ0) is 9.35. The van der Waals surface area contributed by atoms with Crippen molar-refractivity contribution in [3.8, 4) is 0 Å². The lowest BCUT2D eigenvalue weighted by molar-refractivity contribution is -0.121. The van der Waals surface area contributed by atoms with Gasteiger partial charge in [0.1, 0.15) is 0 Å². The Morgan fingerprint density at radius 1 is 1.58 bits per heavy atom. The van der Waals surface area contributed by atoms with Crippen LogP contribution in [0.4, 0.5) is 0 Å². The molecule has 1 amide bonds. The van der Waals surface area contributed by atoms with Crippen LogP contribution in [-0.4, -0.2) is 36.0 Å². The molecule has 1 aliphatic heterocycles. The van der Waals surface area contributed by atoms with E-state index < -0.39 is 0 Å². The number of hydrogen-bond acceptors (Lipinski definition) is 3. The lowest BCUT2D eigenvalue weighted by Crippen LogP contribution is -2.70. The first-order valence-electron chi connectivity index (χ1n) is 4.23. The topological polar surface area (TPSA) is 72.3 Å². The summed E-state index contributed by atoms with van der Waals surface area (Å²) in [6, 6.07) is 0. The van der Waals surface area contributed by atoms with E-state index in [0.29, 0.717) is 12.5 Å². The molecule has 0 aromatic rings. The number of carbonyl (C=O) groups excluding carboxylic acids is 1. The molecule has 0 radical (unpaired) electrons. The number of amides is 1. The summed E-state index contributed by atoms with van der Waals surface area (Å²) in [6.07, 6.45) is 0. The van der Waals surface area contributed by atoms with E-state index in [1.165, 1.54) is 0 Å². The highest BCUT2D eigenvalue weighted by Crippen LogP contribution is 2.25. The predicted octanol–water partition coefficient (Wildman–Crippen LogP) is -0.859. The van der Waals surface area contributed by atoms with Gasteiger partial charge in [-0.15, -0.1) is 0 Å². The maximum atomic E-state index is 10.5. The summed E-state index contributed by atoms with van der Waals surface area (Å²) in [7, 11) is 0. The zero-order valence-corrected chi connectivity index (χ0v) is 7.71.